The lowest BCUT2D eigenvalue weighted by molar-refractivity contribution is -0.122. The number of amides is 2. The molecule has 0 bridgehead atoms. The van der Waals surface area contributed by atoms with Crippen molar-refractivity contribution in [2.24, 2.45) is 5.41 Å². The van der Waals surface area contributed by atoms with Gasteiger partial charge < -0.3 is 25.0 Å². The maximum absolute atomic E-state index is 11.7. The predicted molar refractivity (Wildman–Crippen MR) is 123 cm³/mol. The molecule has 0 aliphatic heterocycles. The Kier molecular flexibility index (Phi) is 16.8. The molecule has 0 aliphatic rings. The molecule has 0 unspecified atom stereocenters. The first-order valence-electron chi connectivity index (χ1n) is 11.5. The van der Waals surface area contributed by atoms with E-state index in [1.165, 1.54) is 6.42 Å². The van der Waals surface area contributed by atoms with Crippen LogP contribution in [0.15, 0.2) is 0 Å². The van der Waals surface area contributed by atoms with Crippen LogP contribution in [0, 0.1) is 5.41 Å². The van der Waals surface area contributed by atoms with Crippen LogP contribution in [0.1, 0.15) is 73.1 Å². The molecule has 0 aromatic heterocycles. The first kappa shape index (κ1) is 28.8. The van der Waals surface area contributed by atoms with Crippen LogP contribution in [0.2, 0.25) is 0 Å². The summed E-state index contributed by atoms with van der Waals surface area (Å²) in [7, 11) is 2.07. The lowest BCUT2D eigenvalue weighted by Gasteiger charge is -2.20. The standard InChI is InChI=1S/C23H47N3O4/c1-20(2)26(6)15-9-10-21(27)25-14-17-30-19-18-29-16-11-22(28)24-13-8-7-12-23(3,4)5/h20H,7-19H2,1-6H3,(H,24,28)(H,25,27). The first-order chi connectivity index (χ1) is 14.1. The zero-order chi connectivity index (χ0) is 22.8. The first-order valence-corrected chi connectivity index (χ1v) is 11.5. The van der Waals surface area contributed by atoms with Gasteiger partial charge in [-0.05, 0) is 52.1 Å². The Morgan fingerprint density at radius 2 is 1.43 bits per heavy atom. The van der Waals surface area contributed by atoms with Crippen LogP contribution >= 0.6 is 0 Å². The third-order valence-electron chi connectivity index (χ3n) is 4.89. The summed E-state index contributed by atoms with van der Waals surface area (Å²) in [4.78, 5) is 25.7. The second-order valence-corrected chi connectivity index (χ2v) is 9.37. The SMILES string of the molecule is CC(C)N(C)CCCC(=O)NCCOCCOCCC(=O)NCCCCC(C)(C)C. The maximum atomic E-state index is 11.7. The molecule has 7 nitrogen and oxygen atoms in total. The van der Waals surface area contributed by atoms with Crippen LogP contribution in [0.5, 0.6) is 0 Å². The highest BCUT2D eigenvalue weighted by Gasteiger charge is 2.09. The van der Waals surface area contributed by atoms with Crippen molar-refractivity contribution in [1.29, 1.82) is 0 Å². The highest BCUT2D eigenvalue weighted by atomic mass is 16.5. The van der Waals surface area contributed by atoms with Crippen molar-refractivity contribution < 1.29 is 19.1 Å². The molecule has 7 heteroatoms. The minimum absolute atomic E-state index is 0.0361. The van der Waals surface area contributed by atoms with Crippen LogP contribution < -0.4 is 10.6 Å². The van der Waals surface area contributed by atoms with E-state index in [1.54, 1.807) is 0 Å². The summed E-state index contributed by atoms with van der Waals surface area (Å²) in [5, 5.41) is 5.79. The predicted octanol–water partition coefficient (Wildman–Crippen LogP) is 2.98. The molecule has 0 aromatic carbocycles. The fourth-order valence-electron chi connectivity index (χ4n) is 2.68. The van der Waals surface area contributed by atoms with E-state index >= 15 is 0 Å². The number of nitrogens with zero attached hydrogens (tertiary/aromatic N) is 1. The normalized spacial score (nSPS) is 11.9. The van der Waals surface area contributed by atoms with Gasteiger partial charge >= 0.3 is 0 Å². The average molecular weight is 430 g/mol. The number of nitrogens with one attached hydrogen (secondary N) is 2. The number of unbranched alkanes of at least 4 members (excludes halogenated alkanes) is 1. The smallest absolute Gasteiger partial charge is 0.222 e. The molecule has 0 atom stereocenters. The Morgan fingerprint density at radius 3 is 2.07 bits per heavy atom. The van der Waals surface area contributed by atoms with Gasteiger partial charge in [0, 0.05) is 32.0 Å². The number of carbonyl (C=O) groups is 2. The van der Waals surface area contributed by atoms with E-state index in [1.807, 2.05) is 0 Å². The third-order valence-corrected chi connectivity index (χ3v) is 4.89. The van der Waals surface area contributed by atoms with Crippen LogP contribution in [0.25, 0.3) is 0 Å². The van der Waals surface area contributed by atoms with Gasteiger partial charge in [-0.25, -0.2) is 0 Å². The summed E-state index contributed by atoms with van der Waals surface area (Å²) in [5.74, 6) is 0.102. The van der Waals surface area contributed by atoms with Crippen molar-refractivity contribution >= 4 is 11.8 Å². The number of carbonyl (C=O) groups excluding carboxylic acids is 2. The van der Waals surface area contributed by atoms with Crippen LogP contribution in [0.4, 0.5) is 0 Å². The van der Waals surface area contributed by atoms with Crippen molar-refractivity contribution in [3.8, 4) is 0 Å². The van der Waals surface area contributed by atoms with E-state index in [4.69, 9.17) is 9.47 Å². The quantitative estimate of drug-likeness (QED) is 0.328. The van der Waals surface area contributed by atoms with Crippen LogP contribution in [-0.2, 0) is 19.1 Å². The lowest BCUT2D eigenvalue weighted by Crippen LogP contribution is -2.30. The topological polar surface area (TPSA) is 79.9 Å². The minimum Gasteiger partial charge on any atom is -0.379 e. The zero-order valence-electron chi connectivity index (χ0n) is 20.3. The molecule has 0 rings (SSSR count). The molecule has 0 heterocycles. The molecular formula is C23H47N3O4. The summed E-state index contributed by atoms with van der Waals surface area (Å²) >= 11 is 0. The summed E-state index contributed by atoms with van der Waals surface area (Å²) in [5.41, 5.74) is 0.357. The van der Waals surface area contributed by atoms with Crippen molar-refractivity contribution in [1.82, 2.24) is 15.5 Å². The maximum Gasteiger partial charge on any atom is 0.222 e. The third kappa shape index (κ3) is 20.1. The van der Waals surface area contributed by atoms with Crippen molar-refractivity contribution in [3.63, 3.8) is 0 Å². The molecule has 0 radical (unpaired) electrons. The van der Waals surface area contributed by atoms with Gasteiger partial charge in [-0.3, -0.25) is 9.59 Å². The van der Waals surface area contributed by atoms with Gasteiger partial charge in [0.15, 0.2) is 0 Å². The molecule has 2 amide bonds. The van der Waals surface area contributed by atoms with E-state index in [0.717, 1.165) is 32.4 Å². The van der Waals surface area contributed by atoms with Crippen LogP contribution in [0.3, 0.4) is 0 Å². The summed E-state index contributed by atoms with van der Waals surface area (Å²) < 4.78 is 10.9. The second kappa shape index (κ2) is 17.5. The fourth-order valence-corrected chi connectivity index (χ4v) is 2.68. The number of hydrogen-bond acceptors (Lipinski definition) is 5. The number of hydrogen-bond donors (Lipinski definition) is 2. The molecule has 30 heavy (non-hydrogen) atoms. The Balaban J connectivity index is 3.37. The van der Waals surface area contributed by atoms with Gasteiger partial charge in [0.2, 0.25) is 11.8 Å². The number of ether oxygens (including phenoxy) is 2. The largest absolute Gasteiger partial charge is 0.379 e. The Hall–Kier alpha value is -1.18. The molecule has 0 aliphatic carbocycles. The Morgan fingerprint density at radius 1 is 0.833 bits per heavy atom. The van der Waals surface area contributed by atoms with E-state index in [-0.39, 0.29) is 11.8 Å². The highest BCUT2D eigenvalue weighted by molar-refractivity contribution is 5.76. The van der Waals surface area contributed by atoms with E-state index in [9.17, 15) is 9.59 Å². The second-order valence-electron chi connectivity index (χ2n) is 9.37. The Labute approximate surface area is 184 Å². The molecule has 0 saturated heterocycles. The highest BCUT2D eigenvalue weighted by Crippen LogP contribution is 2.21. The van der Waals surface area contributed by atoms with Gasteiger partial charge in [0.05, 0.1) is 26.4 Å². The molecule has 0 saturated carbocycles. The minimum atomic E-state index is 0.0361. The lowest BCUT2D eigenvalue weighted by atomic mass is 9.90. The molecule has 0 aromatic rings. The fraction of sp³-hybridized carbons (Fsp3) is 0.913. The summed E-state index contributed by atoms with van der Waals surface area (Å²) in [6, 6.07) is 0.501. The molecule has 178 valence electrons. The van der Waals surface area contributed by atoms with Crippen molar-refractivity contribution in [2.45, 2.75) is 79.2 Å². The molecule has 0 spiro atoms. The van der Waals surface area contributed by atoms with Crippen molar-refractivity contribution in [2.75, 3.05) is 53.1 Å². The van der Waals surface area contributed by atoms with Gasteiger partial charge in [-0.15, -0.1) is 0 Å². The Bertz CT molecular complexity index is 450. The molecule has 0 fully saturated rings. The van der Waals surface area contributed by atoms with E-state index < -0.39 is 0 Å². The van der Waals surface area contributed by atoms with Gasteiger partial charge in [0.1, 0.15) is 0 Å². The average Bonchev–Trinajstić information content (AvgIpc) is 2.65. The van der Waals surface area contributed by atoms with Gasteiger partial charge in [0.25, 0.3) is 0 Å². The summed E-state index contributed by atoms with van der Waals surface area (Å²) in [6.07, 6.45) is 5.10. The van der Waals surface area contributed by atoms with Crippen LogP contribution in [-0.4, -0.2) is 75.9 Å². The van der Waals surface area contributed by atoms with E-state index in [2.05, 4.69) is 57.2 Å². The van der Waals surface area contributed by atoms with E-state index in [0.29, 0.717) is 57.3 Å². The van der Waals surface area contributed by atoms with Gasteiger partial charge in [-0.2, -0.15) is 0 Å². The van der Waals surface area contributed by atoms with Gasteiger partial charge in [-0.1, -0.05) is 27.2 Å². The van der Waals surface area contributed by atoms with Crippen molar-refractivity contribution in [3.05, 3.63) is 0 Å². The number of rotatable bonds is 18. The molecule has 2 N–H and O–H groups in total. The zero-order valence-corrected chi connectivity index (χ0v) is 20.3. The monoisotopic (exact) mass is 429 g/mol. The summed E-state index contributed by atoms with van der Waals surface area (Å²) in [6.45, 7) is 14.9. The molecular weight excluding hydrogens is 382 g/mol.